The maximum atomic E-state index is 6.27. The fourth-order valence-corrected chi connectivity index (χ4v) is 5.22. The molecule has 1 saturated heterocycles. The zero-order valence-electron chi connectivity index (χ0n) is 13.2. The van der Waals surface area contributed by atoms with Crippen molar-refractivity contribution in [3.05, 3.63) is 69.7 Å². The van der Waals surface area contributed by atoms with E-state index in [1.165, 1.54) is 16.3 Å². The van der Waals surface area contributed by atoms with Crippen LogP contribution in [0.3, 0.4) is 0 Å². The Labute approximate surface area is 156 Å². The molecular formula is C19H18Cl2N2S. The SMILES string of the molecule is Clc1ccc(C2C(CCc3ccccc3)SC3=NCCN32)cc1Cl. The van der Waals surface area contributed by atoms with Gasteiger partial charge in [0.05, 0.1) is 22.6 Å². The molecule has 0 saturated carbocycles. The normalized spacial score (nSPS) is 22.6. The Hall–Kier alpha value is -1.16. The molecule has 0 amide bonds. The van der Waals surface area contributed by atoms with Gasteiger partial charge in [0, 0.05) is 11.8 Å². The minimum atomic E-state index is 0.328. The van der Waals surface area contributed by atoms with Gasteiger partial charge >= 0.3 is 0 Å². The van der Waals surface area contributed by atoms with Gasteiger partial charge in [-0.1, -0.05) is 71.4 Å². The number of aryl methyl sites for hydroxylation is 1. The Bertz CT molecular complexity index is 763. The molecule has 2 aromatic rings. The predicted molar refractivity (Wildman–Crippen MR) is 104 cm³/mol. The molecule has 2 heterocycles. The van der Waals surface area contributed by atoms with Crippen LogP contribution in [0.1, 0.15) is 23.6 Å². The maximum Gasteiger partial charge on any atom is 0.160 e. The Balaban J connectivity index is 1.58. The molecule has 124 valence electrons. The van der Waals surface area contributed by atoms with Crippen molar-refractivity contribution >= 4 is 40.1 Å². The average molecular weight is 377 g/mol. The number of rotatable bonds is 4. The Kier molecular flexibility index (Phi) is 4.75. The van der Waals surface area contributed by atoms with E-state index in [1.54, 1.807) is 0 Å². The van der Waals surface area contributed by atoms with Gasteiger partial charge in [0.2, 0.25) is 0 Å². The monoisotopic (exact) mass is 376 g/mol. The minimum absolute atomic E-state index is 0.328. The third-order valence-corrected chi connectivity index (χ3v) is 6.73. The van der Waals surface area contributed by atoms with Crippen LogP contribution >= 0.6 is 35.0 Å². The third kappa shape index (κ3) is 3.17. The largest absolute Gasteiger partial charge is 0.341 e. The van der Waals surface area contributed by atoms with Crippen molar-refractivity contribution in [1.82, 2.24) is 4.90 Å². The van der Waals surface area contributed by atoms with Gasteiger partial charge in [-0.2, -0.15) is 0 Å². The summed E-state index contributed by atoms with van der Waals surface area (Å²) < 4.78 is 0. The van der Waals surface area contributed by atoms with Crippen LogP contribution in [0.4, 0.5) is 0 Å². The first kappa shape index (κ1) is 16.3. The molecule has 0 N–H and O–H groups in total. The lowest BCUT2D eigenvalue weighted by Crippen LogP contribution is -2.28. The lowest BCUT2D eigenvalue weighted by Gasteiger charge is -2.26. The number of amidine groups is 1. The summed E-state index contributed by atoms with van der Waals surface area (Å²) in [5.41, 5.74) is 2.63. The first-order chi connectivity index (χ1) is 11.7. The maximum absolute atomic E-state index is 6.27. The van der Waals surface area contributed by atoms with Gasteiger partial charge in [-0.15, -0.1) is 0 Å². The third-order valence-electron chi connectivity index (χ3n) is 4.62. The molecule has 0 radical (unpaired) electrons. The van der Waals surface area contributed by atoms with Gasteiger partial charge < -0.3 is 4.90 Å². The van der Waals surface area contributed by atoms with Gasteiger partial charge in [0.1, 0.15) is 0 Å². The van der Waals surface area contributed by atoms with E-state index >= 15 is 0 Å². The highest BCUT2D eigenvalue weighted by atomic mass is 35.5. The number of hydrogen-bond acceptors (Lipinski definition) is 3. The molecular weight excluding hydrogens is 359 g/mol. The van der Waals surface area contributed by atoms with Crippen LogP contribution in [0, 0.1) is 0 Å². The van der Waals surface area contributed by atoms with Crippen LogP contribution in [-0.2, 0) is 6.42 Å². The minimum Gasteiger partial charge on any atom is -0.341 e. The molecule has 2 atom stereocenters. The molecule has 0 bridgehead atoms. The molecule has 5 heteroatoms. The average Bonchev–Trinajstić information content (AvgIpc) is 3.17. The van der Waals surface area contributed by atoms with Gasteiger partial charge in [0.25, 0.3) is 0 Å². The molecule has 2 aliphatic heterocycles. The summed E-state index contributed by atoms with van der Waals surface area (Å²) in [4.78, 5) is 7.10. The molecule has 2 aliphatic rings. The topological polar surface area (TPSA) is 15.6 Å². The van der Waals surface area contributed by atoms with Gasteiger partial charge in [-0.25, -0.2) is 0 Å². The van der Waals surface area contributed by atoms with Gasteiger partial charge in [-0.3, -0.25) is 4.99 Å². The van der Waals surface area contributed by atoms with E-state index in [0.717, 1.165) is 25.9 Å². The molecule has 24 heavy (non-hydrogen) atoms. The fraction of sp³-hybridized carbons (Fsp3) is 0.316. The Morgan fingerprint density at radius 2 is 1.92 bits per heavy atom. The lowest BCUT2D eigenvalue weighted by atomic mass is 9.97. The van der Waals surface area contributed by atoms with Gasteiger partial charge in [-0.05, 0) is 36.1 Å². The molecule has 0 aromatic heterocycles. The highest BCUT2D eigenvalue weighted by Gasteiger charge is 2.41. The van der Waals surface area contributed by atoms with Crippen LogP contribution in [0.5, 0.6) is 0 Å². The van der Waals surface area contributed by atoms with E-state index in [1.807, 2.05) is 23.9 Å². The number of hydrogen-bond donors (Lipinski definition) is 0. The number of halogens is 2. The van der Waals surface area contributed by atoms with Crippen LogP contribution in [0.2, 0.25) is 10.0 Å². The number of benzene rings is 2. The molecule has 4 rings (SSSR count). The van der Waals surface area contributed by atoms with Crippen LogP contribution < -0.4 is 0 Å². The summed E-state index contributed by atoms with van der Waals surface area (Å²) in [6.07, 6.45) is 2.20. The molecule has 0 spiro atoms. The summed E-state index contributed by atoms with van der Waals surface area (Å²) in [5, 5.41) is 2.92. The molecule has 2 unspecified atom stereocenters. The van der Waals surface area contributed by atoms with Crippen molar-refractivity contribution in [1.29, 1.82) is 0 Å². The summed E-state index contributed by atoms with van der Waals surface area (Å²) >= 11 is 14.3. The number of fused-ring (bicyclic) bond motifs is 1. The van der Waals surface area contributed by atoms with E-state index < -0.39 is 0 Å². The number of nitrogens with zero attached hydrogens (tertiary/aromatic N) is 2. The molecule has 0 aliphatic carbocycles. The van der Waals surface area contributed by atoms with E-state index in [0.29, 0.717) is 21.3 Å². The number of aliphatic imine (C=N–C) groups is 1. The van der Waals surface area contributed by atoms with Crippen molar-refractivity contribution in [2.75, 3.05) is 13.1 Å². The van der Waals surface area contributed by atoms with Crippen LogP contribution in [0.15, 0.2) is 53.5 Å². The van der Waals surface area contributed by atoms with Crippen molar-refractivity contribution in [2.45, 2.75) is 24.1 Å². The molecule has 1 fully saturated rings. The molecule has 2 aromatic carbocycles. The van der Waals surface area contributed by atoms with Crippen molar-refractivity contribution in [3.8, 4) is 0 Å². The second kappa shape index (κ2) is 6.99. The summed E-state index contributed by atoms with van der Waals surface area (Å²) in [6.45, 7) is 1.89. The van der Waals surface area contributed by atoms with E-state index in [2.05, 4.69) is 46.3 Å². The zero-order valence-corrected chi connectivity index (χ0v) is 15.5. The number of thioether (sulfide) groups is 1. The summed E-state index contributed by atoms with van der Waals surface area (Å²) in [5.74, 6) is 0. The van der Waals surface area contributed by atoms with Crippen LogP contribution in [-0.4, -0.2) is 28.4 Å². The van der Waals surface area contributed by atoms with E-state index in [9.17, 15) is 0 Å². The van der Waals surface area contributed by atoms with Crippen molar-refractivity contribution in [2.24, 2.45) is 4.99 Å². The fourth-order valence-electron chi connectivity index (χ4n) is 3.46. The predicted octanol–water partition coefficient (Wildman–Crippen LogP) is 5.45. The summed E-state index contributed by atoms with van der Waals surface area (Å²) in [6, 6.07) is 17.0. The Morgan fingerprint density at radius 1 is 1.08 bits per heavy atom. The quantitative estimate of drug-likeness (QED) is 0.704. The van der Waals surface area contributed by atoms with E-state index in [-0.39, 0.29) is 0 Å². The van der Waals surface area contributed by atoms with Crippen molar-refractivity contribution in [3.63, 3.8) is 0 Å². The second-order valence-electron chi connectivity index (χ2n) is 6.16. The second-order valence-corrected chi connectivity index (χ2v) is 8.18. The Morgan fingerprint density at radius 3 is 2.71 bits per heavy atom. The first-order valence-corrected chi connectivity index (χ1v) is 9.82. The molecule has 2 nitrogen and oxygen atoms in total. The summed E-state index contributed by atoms with van der Waals surface area (Å²) in [7, 11) is 0. The first-order valence-electron chi connectivity index (χ1n) is 8.19. The highest BCUT2D eigenvalue weighted by molar-refractivity contribution is 8.14. The van der Waals surface area contributed by atoms with Gasteiger partial charge in [0.15, 0.2) is 5.17 Å². The highest BCUT2D eigenvalue weighted by Crippen LogP contribution is 2.46. The van der Waals surface area contributed by atoms with Crippen molar-refractivity contribution < 1.29 is 0 Å². The zero-order chi connectivity index (χ0) is 16.5. The lowest BCUT2D eigenvalue weighted by molar-refractivity contribution is 0.344. The van der Waals surface area contributed by atoms with Crippen LogP contribution in [0.25, 0.3) is 0 Å². The smallest absolute Gasteiger partial charge is 0.160 e. The van der Waals surface area contributed by atoms with E-state index in [4.69, 9.17) is 23.2 Å². The standard InChI is InChI=1S/C19H18Cl2N2S/c20-15-8-7-14(12-16(15)21)18-17(24-19-22-10-11-23(18)19)9-6-13-4-2-1-3-5-13/h1-5,7-8,12,17-18H,6,9-11H2.